The number of rotatable bonds is 8. The van der Waals surface area contributed by atoms with Crippen LogP contribution in [0.3, 0.4) is 0 Å². The lowest BCUT2D eigenvalue weighted by molar-refractivity contribution is 0.248. The van der Waals surface area contributed by atoms with Crippen LogP contribution in [0.15, 0.2) is 22.7 Å². The zero-order valence-electron chi connectivity index (χ0n) is 10.8. The first-order chi connectivity index (χ1) is 8.67. The average molecular weight is 335 g/mol. The van der Waals surface area contributed by atoms with Crippen LogP contribution in [0.2, 0.25) is 5.02 Å². The maximum absolute atomic E-state index is 9.00. The number of hydrogen-bond donors (Lipinski definition) is 2. The molecular weight excluding hydrogens is 314 g/mol. The third-order valence-electron chi connectivity index (χ3n) is 3.00. The summed E-state index contributed by atoms with van der Waals surface area (Å²) in [5.41, 5.74) is 1.21. The molecule has 0 aromatic heterocycles. The maximum atomic E-state index is 9.00. The second-order valence-corrected chi connectivity index (χ2v) is 5.82. The Hall–Kier alpha value is -0.0900. The highest BCUT2D eigenvalue weighted by Crippen LogP contribution is 2.21. The maximum Gasteiger partial charge on any atom is 0.0434 e. The largest absolute Gasteiger partial charge is 0.396 e. The first-order valence-corrected chi connectivity index (χ1v) is 7.60. The van der Waals surface area contributed by atoms with E-state index in [1.54, 1.807) is 0 Å². The van der Waals surface area contributed by atoms with Gasteiger partial charge in [-0.3, -0.25) is 0 Å². The normalized spacial score (nSPS) is 12.7. The molecule has 1 unspecified atom stereocenters. The lowest BCUT2D eigenvalue weighted by Gasteiger charge is -2.16. The third kappa shape index (κ3) is 5.70. The molecule has 1 atom stereocenters. The van der Waals surface area contributed by atoms with Gasteiger partial charge < -0.3 is 10.4 Å². The Morgan fingerprint density at radius 1 is 1.39 bits per heavy atom. The minimum absolute atomic E-state index is 0.275. The van der Waals surface area contributed by atoms with Crippen molar-refractivity contribution in [2.24, 2.45) is 5.92 Å². The molecule has 2 N–H and O–H groups in total. The third-order valence-corrected chi connectivity index (χ3v) is 3.97. The minimum Gasteiger partial charge on any atom is -0.396 e. The van der Waals surface area contributed by atoms with Gasteiger partial charge in [0, 0.05) is 22.6 Å². The van der Waals surface area contributed by atoms with Gasteiger partial charge in [0.2, 0.25) is 0 Å². The molecule has 0 radical (unpaired) electrons. The summed E-state index contributed by atoms with van der Waals surface area (Å²) in [5, 5.41) is 13.2. The van der Waals surface area contributed by atoms with Gasteiger partial charge in [0.1, 0.15) is 0 Å². The van der Waals surface area contributed by atoms with Crippen molar-refractivity contribution in [2.45, 2.75) is 32.7 Å². The van der Waals surface area contributed by atoms with E-state index in [0.29, 0.717) is 5.92 Å². The first kappa shape index (κ1) is 16.0. The molecule has 2 nitrogen and oxygen atoms in total. The predicted octanol–water partition coefficient (Wildman–Crippen LogP) is 3.99. The van der Waals surface area contributed by atoms with E-state index in [1.165, 1.54) is 5.56 Å². The Balaban J connectivity index is 2.39. The van der Waals surface area contributed by atoms with E-state index in [9.17, 15) is 0 Å². The fourth-order valence-electron chi connectivity index (χ4n) is 2.02. The van der Waals surface area contributed by atoms with Crippen molar-refractivity contribution in [1.29, 1.82) is 0 Å². The molecule has 4 heteroatoms. The van der Waals surface area contributed by atoms with Crippen LogP contribution in [-0.4, -0.2) is 18.3 Å². The van der Waals surface area contributed by atoms with Crippen LogP contribution in [0.5, 0.6) is 0 Å². The number of aliphatic hydroxyl groups excluding tert-OH is 1. The highest BCUT2D eigenvalue weighted by Gasteiger charge is 2.07. The summed E-state index contributed by atoms with van der Waals surface area (Å²) in [4.78, 5) is 0. The van der Waals surface area contributed by atoms with Gasteiger partial charge in [-0.1, -0.05) is 46.9 Å². The molecular formula is C14H21BrClNO. The number of halogens is 2. The number of aliphatic hydroxyl groups is 1. The number of hydrogen-bond acceptors (Lipinski definition) is 2. The van der Waals surface area contributed by atoms with Crippen molar-refractivity contribution >= 4 is 27.5 Å². The molecule has 0 saturated heterocycles. The SMILES string of the molecule is CCCC(CCO)CNCc1ccc(Cl)cc1Br. The Kier molecular flexibility index (Phi) is 7.91. The molecule has 1 aromatic carbocycles. The fourth-order valence-corrected chi connectivity index (χ4v) is 2.84. The quantitative estimate of drug-likeness (QED) is 0.753. The molecule has 0 heterocycles. The van der Waals surface area contributed by atoms with Gasteiger partial charge in [0.15, 0.2) is 0 Å². The molecule has 0 bridgehead atoms. The Labute approximate surface area is 123 Å². The standard InChI is InChI=1S/C14H21BrClNO/c1-2-3-11(6-7-18)9-17-10-12-4-5-13(16)8-14(12)15/h4-5,8,11,17-18H,2-3,6-7,9-10H2,1H3. The molecule has 0 aliphatic carbocycles. The summed E-state index contributed by atoms with van der Waals surface area (Å²) < 4.78 is 1.04. The van der Waals surface area contributed by atoms with Crippen LogP contribution in [0.25, 0.3) is 0 Å². The zero-order valence-corrected chi connectivity index (χ0v) is 13.1. The highest BCUT2D eigenvalue weighted by molar-refractivity contribution is 9.10. The average Bonchev–Trinajstić information content (AvgIpc) is 2.32. The summed E-state index contributed by atoms with van der Waals surface area (Å²) in [6, 6.07) is 5.84. The van der Waals surface area contributed by atoms with Crippen molar-refractivity contribution < 1.29 is 5.11 Å². The van der Waals surface area contributed by atoms with Gasteiger partial charge in [-0.25, -0.2) is 0 Å². The fraction of sp³-hybridized carbons (Fsp3) is 0.571. The zero-order chi connectivity index (χ0) is 13.4. The molecule has 0 fully saturated rings. The van der Waals surface area contributed by atoms with Gasteiger partial charge >= 0.3 is 0 Å². The molecule has 0 aliphatic heterocycles. The summed E-state index contributed by atoms with van der Waals surface area (Å²) >= 11 is 9.42. The number of nitrogens with one attached hydrogen (secondary N) is 1. The lowest BCUT2D eigenvalue weighted by Crippen LogP contribution is -2.23. The van der Waals surface area contributed by atoms with Gasteiger partial charge in [-0.15, -0.1) is 0 Å². The van der Waals surface area contributed by atoms with Gasteiger partial charge in [-0.05, 0) is 43.0 Å². The van der Waals surface area contributed by atoms with Crippen molar-refractivity contribution in [3.8, 4) is 0 Å². The summed E-state index contributed by atoms with van der Waals surface area (Å²) in [6.07, 6.45) is 3.20. The Morgan fingerprint density at radius 2 is 2.17 bits per heavy atom. The Morgan fingerprint density at radius 3 is 2.78 bits per heavy atom. The van der Waals surface area contributed by atoms with E-state index < -0.39 is 0 Å². The van der Waals surface area contributed by atoms with Crippen LogP contribution in [0.1, 0.15) is 31.7 Å². The van der Waals surface area contributed by atoms with Gasteiger partial charge in [-0.2, -0.15) is 0 Å². The number of benzene rings is 1. The van der Waals surface area contributed by atoms with Crippen LogP contribution < -0.4 is 5.32 Å². The second kappa shape index (κ2) is 8.92. The molecule has 102 valence electrons. The van der Waals surface area contributed by atoms with E-state index in [0.717, 1.165) is 41.8 Å². The van der Waals surface area contributed by atoms with Crippen molar-refractivity contribution in [3.05, 3.63) is 33.3 Å². The van der Waals surface area contributed by atoms with Crippen LogP contribution >= 0.6 is 27.5 Å². The van der Waals surface area contributed by atoms with Gasteiger partial charge in [0.25, 0.3) is 0 Å². The van der Waals surface area contributed by atoms with Crippen LogP contribution in [0, 0.1) is 5.92 Å². The summed E-state index contributed by atoms with van der Waals surface area (Å²) in [7, 11) is 0. The monoisotopic (exact) mass is 333 g/mol. The topological polar surface area (TPSA) is 32.3 Å². The molecule has 1 aromatic rings. The molecule has 1 rings (SSSR count). The molecule has 0 spiro atoms. The molecule has 0 aliphatic rings. The molecule has 18 heavy (non-hydrogen) atoms. The molecule has 0 amide bonds. The van der Waals surface area contributed by atoms with Crippen LogP contribution in [-0.2, 0) is 6.54 Å². The second-order valence-electron chi connectivity index (χ2n) is 4.53. The van der Waals surface area contributed by atoms with E-state index in [1.807, 2.05) is 18.2 Å². The van der Waals surface area contributed by atoms with Gasteiger partial charge in [0.05, 0.1) is 0 Å². The molecule has 0 saturated carbocycles. The van der Waals surface area contributed by atoms with Crippen molar-refractivity contribution in [1.82, 2.24) is 5.32 Å². The highest BCUT2D eigenvalue weighted by atomic mass is 79.9. The lowest BCUT2D eigenvalue weighted by atomic mass is 10.0. The van der Waals surface area contributed by atoms with E-state index in [-0.39, 0.29) is 6.61 Å². The van der Waals surface area contributed by atoms with E-state index >= 15 is 0 Å². The Bertz CT molecular complexity index is 354. The van der Waals surface area contributed by atoms with E-state index in [4.69, 9.17) is 16.7 Å². The predicted molar refractivity (Wildman–Crippen MR) is 81.0 cm³/mol. The smallest absolute Gasteiger partial charge is 0.0434 e. The summed E-state index contributed by atoms with van der Waals surface area (Å²) in [5.74, 6) is 0.561. The first-order valence-electron chi connectivity index (χ1n) is 6.42. The van der Waals surface area contributed by atoms with Crippen molar-refractivity contribution in [2.75, 3.05) is 13.2 Å². The van der Waals surface area contributed by atoms with Crippen LogP contribution in [0.4, 0.5) is 0 Å². The minimum atomic E-state index is 0.275. The summed E-state index contributed by atoms with van der Waals surface area (Å²) in [6.45, 7) is 4.23. The van der Waals surface area contributed by atoms with Crippen molar-refractivity contribution in [3.63, 3.8) is 0 Å². The van der Waals surface area contributed by atoms with E-state index in [2.05, 4.69) is 28.2 Å².